The summed E-state index contributed by atoms with van der Waals surface area (Å²) in [5, 5.41) is 9.85. The molecular weight excluding hydrogens is 422 g/mol. The van der Waals surface area contributed by atoms with Gasteiger partial charge in [0.15, 0.2) is 0 Å². The van der Waals surface area contributed by atoms with Crippen molar-refractivity contribution in [2.75, 3.05) is 25.9 Å². The van der Waals surface area contributed by atoms with E-state index in [-0.39, 0.29) is 23.6 Å². The van der Waals surface area contributed by atoms with Crippen LogP contribution in [0.5, 0.6) is 0 Å². The van der Waals surface area contributed by atoms with Gasteiger partial charge in [-0.1, -0.05) is 0 Å². The summed E-state index contributed by atoms with van der Waals surface area (Å²) >= 11 is 0. The zero-order valence-corrected chi connectivity index (χ0v) is 19.2. The number of rotatable bonds is 3. The first-order valence-electron chi connectivity index (χ1n) is 10.2. The van der Waals surface area contributed by atoms with Gasteiger partial charge in [-0.25, -0.2) is 17.5 Å². The second-order valence-corrected chi connectivity index (χ2v) is 11.0. The van der Waals surface area contributed by atoms with Gasteiger partial charge in [-0.3, -0.25) is 4.79 Å². The van der Waals surface area contributed by atoms with E-state index in [0.717, 1.165) is 0 Å². The molecule has 3 rings (SSSR count). The third-order valence-corrected chi connectivity index (χ3v) is 6.97. The molecule has 10 nitrogen and oxygen atoms in total. The molecule has 3 heterocycles. The number of piperidine rings is 1. The highest BCUT2D eigenvalue weighted by Gasteiger charge is 2.37. The molecule has 170 valence electrons. The highest BCUT2D eigenvalue weighted by atomic mass is 32.2. The van der Waals surface area contributed by atoms with E-state index in [2.05, 4.69) is 6.07 Å². The normalized spacial score (nSPS) is 18.4. The summed E-state index contributed by atoms with van der Waals surface area (Å²) < 4.78 is 32.5. The smallest absolute Gasteiger partial charge is 0.410 e. The monoisotopic (exact) mass is 451 g/mol. The van der Waals surface area contributed by atoms with Crippen molar-refractivity contribution >= 4 is 22.0 Å². The summed E-state index contributed by atoms with van der Waals surface area (Å²) in [6.45, 7) is 6.93. The third kappa shape index (κ3) is 4.70. The summed E-state index contributed by atoms with van der Waals surface area (Å²) in [5.74, 6) is -0.793. The van der Waals surface area contributed by atoms with E-state index in [4.69, 9.17) is 10.5 Å². The Morgan fingerprint density at radius 2 is 1.77 bits per heavy atom. The largest absolute Gasteiger partial charge is 0.444 e. The van der Waals surface area contributed by atoms with Gasteiger partial charge in [0, 0.05) is 37.8 Å². The van der Waals surface area contributed by atoms with E-state index in [0.29, 0.717) is 50.4 Å². The Bertz CT molecular complexity index is 1040. The average molecular weight is 452 g/mol. The highest BCUT2D eigenvalue weighted by molar-refractivity contribution is 7.88. The molecule has 0 unspecified atom stereocenters. The van der Waals surface area contributed by atoms with Gasteiger partial charge >= 0.3 is 6.09 Å². The Kier molecular flexibility index (Phi) is 6.08. The second-order valence-electron chi connectivity index (χ2n) is 9.05. The van der Waals surface area contributed by atoms with Crippen LogP contribution < -0.4 is 5.73 Å². The molecule has 2 aliphatic rings. The molecular formula is C20H29N5O5S. The van der Waals surface area contributed by atoms with Gasteiger partial charge in [-0.05, 0) is 33.6 Å². The number of primary amides is 1. The number of nitrogens with two attached hydrogens (primary N) is 1. The maximum absolute atomic E-state index is 12.5. The Hall–Kier alpha value is -2.58. The first kappa shape index (κ1) is 23.1. The molecule has 1 aromatic heterocycles. The summed E-state index contributed by atoms with van der Waals surface area (Å²) in [6, 6.07) is 2.14. The van der Waals surface area contributed by atoms with Crippen LogP contribution in [0.1, 0.15) is 66.8 Å². The molecule has 2 amide bonds. The maximum atomic E-state index is 12.5. The number of sulfonamides is 1. The van der Waals surface area contributed by atoms with E-state index in [1.165, 1.54) is 15.5 Å². The van der Waals surface area contributed by atoms with E-state index < -0.39 is 27.6 Å². The van der Waals surface area contributed by atoms with Crippen LogP contribution in [-0.2, 0) is 27.8 Å². The minimum atomic E-state index is -3.28. The fraction of sp³-hybridized carbons (Fsp3) is 0.650. The number of fused-ring (bicyclic) bond motifs is 1. The Labute approximate surface area is 182 Å². The van der Waals surface area contributed by atoms with Crippen LogP contribution in [0.15, 0.2) is 0 Å². The standard InChI is InChI=1S/C20H29N5O5S/c1-20(2,3)30-19(27)23-9-10-25-15(12-23)16(18(22)26)14(11-21)17(25)13-5-7-24(8-6-13)31(4,28)29/h13H,5-10,12H2,1-4H3,(H2,22,26). The average Bonchev–Trinajstić information content (AvgIpc) is 2.99. The molecule has 2 aliphatic heterocycles. The lowest BCUT2D eigenvalue weighted by molar-refractivity contribution is 0.0196. The molecule has 1 saturated heterocycles. The number of carbonyl (C=O) groups is 2. The van der Waals surface area contributed by atoms with E-state index in [1.54, 1.807) is 20.8 Å². The number of amides is 2. The van der Waals surface area contributed by atoms with E-state index in [1.807, 2.05) is 4.57 Å². The third-order valence-electron chi connectivity index (χ3n) is 5.67. The molecule has 0 radical (unpaired) electrons. The van der Waals surface area contributed by atoms with Crippen molar-refractivity contribution in [3.63, 3.8) is 0 Å². The highest BCUT2D eigenvalue weighted by Crippen LogP contribution is 2.37. The fourth-order valence-electron chi connectivity index (χ4n) is 4.33. The lowest BCUT2D eigenvalue weighted by atomic mass is 9.91. The number of hydrogen-bond acceptors (Lipinski definition) is 6. The molecule has 11 heteroatoms. The van der Waals surface area contributed by atoms with Crippen molar-refractivity contribution in [3.05, 3.63) is 22.5 Å². The van der Waals surface area contributed by atoms with Crippen LogP contribution in [0.4, 0.5) is 4.79 Å². The van der Waals surface area contributed by atoms with Crippen LogP contribution in [0.25, 0.3) is 0 Å². The van der Waals surface area contributed by atoms with Crippen LogP contribution in [0.3, 0.4) is 0 Å². The number of carbonyl (C=O) groups excluding carboxylic acids is 2. The number of ether oxygens (including phenoxy) is 1. The molecule has 0 aliphatic carbocycles. The predicted octanol–water partition coefficient (Wildman–Crippen LogP) is 1.35. The number of nitrogens with zero attached hydrogens (tertiary/aromatic N) is 4. The summed E-state index contributed by atoms with van der Waals surface area (Å²) in [6.07, 6.45) is 1.78. The Balaban J connectivity index is 1.96. The SMILES string of the molecule is CC(C)(C)OC(=O)N1CCn2c(c(C(N)=O)c(C#N)c2C2CCN(S(C)(=O)=O)CC2)C1. The van der Waals surface area contributed by atoms with Gasteiger partial charge in [0.25, 0.3) is 5.91 Å². The van der Waals surface area contributed by atoms with Gasteiger partial charge < -0.3 is 19.9 Å². The Morgan fingerprint density at radius 3 is 2.26 bits per heavy atom. The summed E-state index contributed by atoms with van der Waals surface area (Å²) in [4.78, 5) is 26.3. The first-order chi connectivity index (χ1) is 14.3. The van der Waals surface area contributed by atoms with Crippen molar-refractivity contribution in [2.24, 2.45) is 5.73 Å². The van der Waals surface area contributed by atoms with Crippen LogP contribution in [0, 0.1) is 11.3 Å². The van der Waals surface area contributed by atoms with Crippen molar-refractivity contribution in [2.45, 2.75) is 58.2 Å². The topological polar surface area (TPSA) is 139 Å². The molecule has 0 spiro atoms. The number of nitriles is 1. The summed E-state index contributed by atoms with van der Waals surface area (Å²) in [5.41, 5.74) is 6.59. The predicted molar refractivity (Wildman–Crippen MR) is 113 cm³/mol. The van der Waals surface area contributed by atoms with Gasteiger partial charge in [0.1, 0.15) is 11.7 Å². The van der Waals surface area contributed by atoms with Crippen LogP contribution in [0.2, 0.25) is 0 Å². The molecule has 0 atom stereocenters. The van der Waals surface area contributed by atoms with Crippen molar-refractivity contribution in [3.8, 4) is 6.07 Å². The van der Waals surface area contributed by atoms with Crippen LogP contribution >= 0.6 is 0 Å². The lowest BCUT2D eigenvalue weighted by Crippen LogP contribution is -2.42. The molecule has 0 aromatic carbocycles. The van der Waals surface area contributed by atoms with Gasteiger partial charge in [0.2, 0.25) is 10.0 Å². The molecule has 31 heavy (non-hydrogen) atoms. The molecule has 0 saturated carbocycles. The van der Waals surface area contributed by atoms with Gasteiger partial charge in [0.05, 0.1) is 29.6 Å². The number of hydrogen-bond donors (Lipinski definition) is 1. The first-order valence-corrected chi connectivity index (χ1v) is 12.1. The maximum Gasteiger partial charge on any atom is 0.410 e. The molecule has 0 bridgehead atoms. The fourth-order valence-corrected chi connectivity index (χ4v) is 5.21. The van der Waals surface area contributed by atoms with E-state index in [9.17, 15) is 23.3 Å². The lowest BCUT2D eigenvalue weighted by Gasteiger charge is -2.34. The second kappa shape index (κ2) is 8.16. The van der Waals surface area contributed by atoms with Gasteiger partial charge in [-0.15, -0.1) is 0 Å². The molecule has 2 N–H and O–H groups in total. The van der Waals surface area contributed by atoms with Crippen molar-refractivity contribution in [1.82, 2.24) is 13.8 Å². The molecule has 1 aromatic rings. The zero-order chi connectivity index (χ0) is 23.1. The Morgan fingerprint density at radius 1 is 1.16 bits per heavy atom. The quantitative estimate of drug-likeness (QED) is 0.736. The van der Waals surface area contributed by atoms with Crippen molar-refractivity contribution in [1.29, 1.82) is 5.26 Å². The summed E-state index contributed by atoms with van der Waals surface area (Å²) in [7, 11) is -3.28. The molecule has 1 fully saturated rings. The number of aromatic nitrogens is 1. The van der Waals surface area contributed by atoms with Crippen LogP contribution in [-0.4, -0.2) is 65.7 Å². The van der Waals surface area contributed by atoms with Gasteiger partial charge in [-0.2, -0.15) is 5.26 Å². The minimum Gasteiger partial charge on any atom is -0.444 e. The minimum absolute atomic E-state index is 0.0763. The van der Waals surface area contributed by atoms with E-state index >= 15 is 0 Å². The zero-order valence-electron chi connectivity index (χ0n) is 18.3. The van der Waals surface area contributed by atoms with Crippen molar-refractivity contribution < 1.29 is 22.7 Å².